The van der Waals surface area contributed by atoms with Crippen molar-refractivity contribution < 1.29 is 0 Å². The first-order chi connectivity index (χ1) is 15.4. The Bertz CT molecular complexity index is 1460. The first-order valence-electron chi connectivity index (χ1n) is 10.4. The Labute approximate surface area is 179 Å². The van der Waals surface area contributed by atoms with Crippen molar-refractivity contribution in [1.82, 2.24) is 19.5 Å². The van der Waals surface area contributed by atoms with Crippen LogP contribution >= 0.6 is 0 Å². The Kier molecular flexibility index (Phi) is 4.17. The lowest BCUT2D eigenvalue weighted by molar-refractivity contribution is 1.06. The minimum atomic E-state index is 0.859. The maximum Gasteiger partial charge on any atom is 0.146 e. The number of fused-ring (bicyclic) bond motifs is 3. The van der Waals surface area contributed by atoms with Crippen molar-refractivity contribution in [2.45, 2.75) is 12.8 Å². The third-order valence-electron chi connectivity index (χ3n) is 5.62. The van der Waals surface area contributed by atoms with Gasteiger partial charge in [0.1, 0.15) is 11.5 Å². The van der Waals surface area contributed by atoms with Crippen LogP contribution in [-0.4, -0.2) is 25.7 Å². The summed E-state index contributed by atoms with van der Waals surface area (Å²) in [6.07, 6.45) is 11.7. The fraction of sp³-hybridized carbons (Fsp3) is 0.0769. The highest BCUT2D eigenvalue weighted by atomic mass is 15.1. The van der Waals surface area contributed by atoms with E-state index < -0.39 is 0 Å². The lowest BCUT2D eigenvalue weighted by Gasteiger charge is -2.08. The van der Waals surface area contributed by atoms with Crippen LogP contribution in [0.3, 0.4) is 0 Å². The van der Waals surface area contributed by atoms with Gasteiger partial charge in [0, 0.05) is 46.7 Å². The number of rotatable bonds is 3. The summed E-state index contributed by atoms with van der Waals surface area (Å²) in [6.45, 7) is 0. The van der Waals surface area contributed by atoms with Gasteiger partial charge in [-0.15, -0.1) is 0 Å². The summed E-state index contributed by atoms with van der Waals surface area (Å²) in [6, 6.07) is 20.6. The van der Waals surface area contributed by atoms with Crippen LogP contribution in [0.15, 0.2) is 90.3 Å². The zero-order chi connectivity index (χ0) is 20.6. The quantitative estimate of drug-likeness (QED) is 0.381. The molecule has 6 rings (SSSR count). The molecule has 0 saturated heterocycles. The molecule has 0 N–H and O–H groups in total. The second-order valence-electron chi connectivity index (χ2n) is 7.54. The molecule has 5 aromatic rings. The van der Waals surface area contributed by atoms with Crippen molar-refractivity contribution in [1.29, 1.82) is 0 Å². The molecule has 0 spiro atoms. The number of allylic oxidation sites excluding steroid dienone is 1. The fourth-order valence-corrected chi connectivity index (χ4v) is 4.14. The molecule has 148 valence electrons. The van der Waals surface area contributed by atoms with Crippen molar-refractivity contribution in [3.63, 3.8) is 0 Å². The van der Waals surface area contributed by atoms with Crippen molar-refractivity contribution in [3.05, 3.63) is 90.9 Å². The molecular weight excluding hydrogens is 382 g/mol. The van der Waals surface area contributed by atoms with Gasteiger partial charge in [-0.25, -0.2) is 9.97 Å². The normalized spacial score (nSPS) is 13.6. The molecule has 0 fully saturated rings. The number of hydrogen-bond acceptors (Lipinski definition) is 4. The lowest BCUT2D eigenvalue weighted by atomic mass is 10.1. The van der Waals surface area contributed by atoms with Crippen LogP contribution in [0.4, 0.5) is 0 Å². The number of hydrogen-bond donors (Lipinski definition) is 0. The summed E-state index contributed by atoms with van der Waals surface area (Å²) in [5.41, 5.74) is 6.05. The molecule has 5 nitrogen and oxygen atoms in total. The molecule has 0 radical (unpaired) electrons. The highest BCUT2D eigenvalue weighted by molar-refractivity contribution is 6.08. The third kappa shape index (κ3) is 3.02. The van der Waals surface area contributed by atoms with E-state index in [1.54, 1.807) is 0 Å². The Balaban J connectivity index is 1.49. The number of benzene rings is 1. The zero-order valence-electron chi connectivity index (χ0n) is 16.8. The van der Waals surface area contributed by atoms with Gasteiger partial charge in [0.25, 0.3) is 0 Å². The van der Waals surface area contributed by atoms with E-state index in [1.165, 1.54) is 0 Å². The lowest BCUT2D eigenvalue weighted by Crippen LogP contribution is -1.97. The molecule has 0 bridgehead atoms. The maximum absolute atomic E-state index is 4.73. The van der Waals surface area contributed by atoms with Crippen molar-refractivity contribution in [2.75, 3.05) is 0 Å². The molecular formula is C26H19N5. The van der Waals surface area contributed by atoms with Crippen LogP contribution in [0, 0.1) is 0 Å². The SMILES string of the molecule is C1=NC(c2ccc(-c3ccc4c(c3)c3cccnc3n4-c3ccccn3)nc2)=CCC1. The van der Waals surface area contributed by atoms with Crippen LogP contribution in [0.2, 0.25) is 0 Å². The second-order valence-corrected chi connectivity index (χ2v) is 7.54. The van der Waals surface area contributed by atoms with Crippen molar-refractivity contribution in [2.24, 2.45) is 4.99 Å². The van der Waals surface area contributed by atoms with Crippen LogP contribution in [-0.2, 0) is 0 Å². The molecule has 0 saturated carbocycles. The molecule has 1 aliphatic rings. The van der Waals surface area contributed by atoms with Crippen LogP contribution < -0.4 is 0 Å². The van der Waals surface area contributed by atoms with E-state index in [1.807, 2.05) is 49.1 Å². The fourth-order valence-electron chi connectivity index (χ4n) is 4.14. The average molecular weight is 401 g/mol. The molecule has 5 heteroatoms. The Hall–Kier alpha value is -4.12. The van der Waals surface area contributed by atoms with E-state index in [0.29, 0.717) is 0 Å². The molecule has 1 aliphatic heterocycles. The van der Waals surface area contributed by atoms with Gasteiger partial charge in [-0.2, -0.15) is 0 Å². The number of pyridine rings is 3. The molecule has 0 unspecified atom stereocenters. The Morgan fingerprint density at radius 3 is 2.48 bits per heavy atom. The zero-order valence-corrected chi connectivity index (χ0v) is 16.8. The first kappa shape index (κ1) is 17.7. The highest BCUT2D eigenvalue weighted by Gasteiger charge is 2.15. The van der Waals surface area contributed by atoms with Gasteiger partial charge in [0.2, 0.25) is 0 Å². The van der Waals surface area contributed by atoms with E-state index in [0.717, 1.165) is 63.1 Å². The van der Waals surface area contributed by atoms with Gasteiger partial charge in [-0.05, 0) is 61.4 Å². The van der Waals surface area contributed by atoms with Crippen molar-refractivity contribution >= 4 is 33.8 Å². The summed E-state index contributed by atoms with van der Waals surface area (Å²) in [5.74, 6) is 0.859. The van der Waals surface area contributed by atoms with Crippen LogP contribution in [0.1, 0.15) is 18.4 Å². The first-order valence-corrected chi connectivity index (χ1v) is 10.4. The van der Waals surface area contributed by atoms with Gasteiger partial charge < -0.3 is 0 Å². The summed E-state index contributed by atoms with van der Waals surface area (Å²) < 4.78 is 2.11. The minimum Gasteiger partial charge on any atom is -0.278 e. The summed E-state index contributed by atoms with van der Waals surface area (Å²) in [4.78, 5) is 18.4. The molecule has 5 heterocycles. The highest BCUT2D eigenvalue weighted by Crippen LogP contribution is 2.33. The molecule has 0 amide bonds. The Morgan fingerprint density at radius 1 is 0.742 bits per heavy atom. The van der Waals surface area contributed by atoms with Gasteiger partial charge in [0.05, 0.1) is 16.9 Å². The molecule has 0 aliphatic carbocycles. The largest absolute Gasteiger partial charge is 0.278 e. The topological polar surface area (TPSA) is 56.0 Å². The smallest absolute Gasteiger partial charge is 0.146 e. The molecule has 1 aromatic carbocycles. The standard InChI is InChI=1S/C26H19N5/c1-3-13-27-22(7-1)19-9-11-23(30-17-19)18-10-12-24-21(16-18)20-6-5-15-29-26(20)31(24)25-8-2-4-14-28-25/h2,4-17H,1,3H2. The second kappa shape index (κ2) is 7.29. The van der Waals surface area contributed by atoms with Gasteiger partial charge in [0.15, 0.2) is 0 Å². The number of aromatic nitrogens is 4. The Morgan fingerprint density at radius 2 is 1.68 bits per heavy atom. The third-order valence-corrected chi connectivity index (χ3v) is 5.62. The summed E-state index contributed by atoms with van der Waals surface area (Å²) in [7, 11) is 0. The number of nitrogens with zero attached hydrogens (tertiary/aromatic N) is 5. The molecule has 0 atom stereocenters. The summed E-state index contributed by atoms with van der Waals surface area (Å²) >= 11 is 0. The monoisotopic (exact) mass is 401 g/mol. The van der Waals surface area contributed by atoms with Gasteiger partial charge in [-0.3, -0.25) is 14.5 Å². The van der Waals surface area contributed by atoms with E-state index in [4.69, 9.17) is 4.98 Å². The predicted molar refractivity (Wildman–Crippen MR) is 125 cm³/mol. The van der Waals surface area contributed by atoms with E-state index in [-0.39, 0.29) is 0 Å². The average Bonchev–Trinajstić information content (AvgIpc) is 3.19. The van der Waals surface area contributed by atoms with Crippen LogP contribution in [0.5, 0.6) is 0 Å². The molecule has 31 heavy (non-hydrogen) atoms. The van der Waals surface area contributed by atoms with E-state index in [2.05, 4.69) is 62.0 Å². The molecule has 4 aromatic heterocycles. The van der Waals surface area contributed by atoms with E-state index in [9.17, 15) is 0 Å². The van der Waals surface area contributed by atoms with Crippen molar-refractivity contribution in [3.8, 4) is 17.1 Å². The predicted octanol–water partition coefficient (Wildman–Crippen LogP) is 5.84. The maximum atomic E-state index is 4.73. The minimum absolute atomic E-state index is 0.859. The van der Waals surface area contributed by atoms with Gasteiger partial charge in [-0.1, -0.05) is 18.2 Å². The van der Waals surface area contributed by atoms with Crippen LogP contribution in [0.25, 0.3) is 44.7 Å². The van der Waals surface area contributed by atoms with E-state index >= 15 is 0 Å². The number of aliphatic imine (C=N–C) groups is 1. The summed E-state index contributed by atoms with van der Waals surface area (Å²) in [5, 5.41) is 2.24. The van der Waals surface area contributed by atoms with Gasteiger partial charge >= 0.3 is 0 Å².